The van der Waals surface area contributed by atoms with Crippen molar-refractivity contribution in [1.29, 1.82) is 0 Å². The lowest BCUT2D eigenvalue weighted by atomic mass is 9.78. The summed E-state index contributed by atoms with van der Waals surface area (Å²) in [5.41, 5.74) is 1.37. The molecule has 1 saturated heterocycles. The minimum absolute atomic E-state index is 0.0390. The van der Waals surface area contributed by atoms with Crippen molar-refractivity contribution in [2.24, 2.45) is 5.41 Å². The standard InChI is InChI=1S/C17H21N3O2S/c1-22-12-17(5-7-18-8-6-17)16(21)20-14-4-2-3-13(11-14)15-19-9-10-23-15/h2-4,9-11,18H,5-8,12H2,1H3,(H,20,21). The van der Waals surface area contributed by atoms with E-state index in [-0.39, 0.29) is 5.91 Å². The van der Waals surface area contributed by atoms with Crippen LogP contribution in [0.5, 0.6) is 0 Å². The molecule has 23 heavy (non-hydrogen) atoms. The summed E-state index contributed by atoms with van der Waals surface area (Å²) in [5.74, 6) is 0.0390. The highest BCUT2D eigenvalue weighted by Gasteiger charge is 2.39. The van der Waals surface area contributed by atoms with Gasteiger partial charge in [0.2, 0.25) is 5.91 Å². The van der Waals surface area contributed by atoms with Gasteiger partial charge in [-0.2, -0.15) is 0 Å². The van der Waals surface area contributed by atoms with Crippen LogP contribution in [-0.2, 0) is 9.53 Å². The molecule has 1 aliphatic rings. The normalized spacial score (nSPS) is 16.9. The maximum Gasteiger partial charge on any atom is 0.233 e. The maximum atomic E-state index is 12.8. The molecule has 2 heterocycles. The van der Waals surface area contributed by atoms with Gasteiger partial charge in [-0.05, 0) is 38.1 Å². The van der Waals surface area contributed by atoms with E-state index in [2.05, 4.69) is 15.6 Å². The van der Waals surface area contributed by atoms with Crippen molar-refractivity contribution in [2.45, 2.75) is 12.8 Å². The summed E-state index contributed by atoms with van der Waals surface area (Å²) in [6, 6.07) is 7.83. The first-order valence-electron chi connectivity index (χ1n) is 7.75. The molecule has 0 radical (unpaired) electrons. The number of benzene rings is 1. The molecule has 0 unspecified atom stereocenters. The van der Waals surface area contributed by atoms with E-state index in [0.29, 0.717) is 6.61 Å². The van der Waals surface area contributed by atoms with Crippen LogP contribution in [0.25, 0.3) is 10.6 Å². The molecule has 1 aromatic carbocycles. The Labute approximate surface area is 140 Å². The minimum Gasteiger partial charge on any atom is -0.384 e. The third-order valence-corrected chi connectivity index (χ3v) is 5.08. The van der Waals surface area contributed by atoms with Gasteiger partial charge in [-0.3, -0.25) is 4.79 Å². The predicted octanol–water partition coefficient (Wildman–Crippen LogP) is 2.76. The number of carbonyl (C=O) groups is 1. The molecule has 2 N–H and O–H groups in total. The summed E-state index contributed by atoms with van der Waals surface area (Å²) in [7, 11) is 1.65. The number of anilines is 1. The molecule has 5 nitrogen and oxygen atoms in total. The van der Waals surface area contributed by atoms with Gasteiger partial charge in [0.05, 0.1) is 12.0 Å². The first kappa shape index (κ1) is 16.1. The average Bonchev–Trinajstić information content (AvgIpc) is 3.11. The largest absolute Gasteiger partial charge is 0.384 e. The van der Waals surface area contributed by atoms with Gasteiger partial charge in [0.1, 0.15) is 5.01 Å². The van der Waals surface area contributed by atoms with E-state index in [1.54, 1.807) is 24.6 Å². The van der Waals surface area contributed by atoms with Gasteiger partial charge in [0.15, 0.2) is 0 Å². The number of piperidine rings is 1. The number of methoxy groups -OCH3 is 1. The van der Waals surface area contributed by atoms with Crippen molar-refractivity contribution >= 4 is 22.9 Å². The Morgan fingerprint density at radius 2 is 2.26 bits per heavy atom. The summed E-state index contributed by atoms with van der Waals surface area (Å²) in [4.78, 5) is 17.2. The summed E-state index contributed by atoms with van der Waals surface area (Å²) >= 11 is 1.59. The first-order valence-corrected chi connectivity index (χ1v) is 8.62. The van der Waals surface area contributed by atoms with Gasteiger partial charge in [0, 0.05) is 29.9 Å². The number of carbonyl (C=O) groups excluding carboxylic acids is 1. The Balaban J connectivity index is 1.77. The predicted molar refractivity (Wildman–Crippen MR) is 92.6 cm³/mol. The van der Waals surface area contributed by atoms with Gasteiger partial charge < -0.3 is 15.4 Å². The third kappa shape index (κ3) is 3.60. The number of thiazole rings is 1. The highest BCUT2D eigenvalue weighted by atomic mass is 32.1. The van der Waals surface area contributed by atoms with E-state index in [0.717, 1.165) is 42.2 Å². The quantitative estimate of drug-likeness (QED) is 0.884. The molecular formula is C17H21N3O2S. The molecule has 2 aromatic rings. The van der Waals surface area contributed by atoms with E-state index in [4.69, 9.17) is 4.74 Å². The second kappa shape index (κ2) is 7.21. The van der Waals surface area contributed by atoms with Crippen molar-refractivity contribution < 1.29 is 9.53 Å². The topological polar surface area (TPSA) is 63.2 Å². The van der Waals surface area contributed by atoms with Crippen LogP contribution in [0.2, 0.25) is 0 Å². The first-order chi connectivity index (χ1) is 11.2. The smallest absolute Gasteiger partial charge is 0.233 e. The van der Waals surface area contributed by atoms with Crippen molar-refractivity contribution in [3.05, 3.63) is 35.8 Å². The van der Waals surface area contributed by atoms with E-state index in [1.165, 1.54) is 0 Å². The van der Waals surface area contributed by atoms with Crippen LogP contribution in [0.1, 0.15) is 12.8 Å². The summed E-state index contributed by atoms with van der Waals surface area (Å²) < 4.78 is 5.33. The van der Waals surface area contributed by atoms with Crippen LogP contribution in [-0.4, -0.2) is 37.7 Å². The Morgan fingerprint density at radius 1 is 1.43 bits per heavy atom. The molecular weight excluding hydrogens is 310 g/mol. The van der Waals surface area contributed by atoms with Gasteiger partial charge in [-0.15, -0.1) is 11.3 Å². The number of nitrogens with zero attached hydrogens (tertiary/aromatic N) is 1. The molecule has 0 saturated carbocycles. The molecule has 1 amide bonds. The molecule has 0 bridgehead atoms. The van der Waals surface area contributed by atoms with Crippen LogP contribution < -0.4 is 10.6 Å². The Hall–Kier alpha value is -1.76. The highest BCUT2D eigenvalue weighted by molar-refractivity contribution is 7.13. The molecule has 1 aliphatic heterocycles. The van der Waals surface area contributed by atoms with Crippen LogP contribution in [0.15, 0.2) is 35.8 Å². The number of amides is 1. The summed E-state index contributed by atoms with van der Waals surface area (Å²) in [6.07, 6.45) is 3.37. The van der Waals surface area contributed by atoms with Crippen LogP contribution in [0, 0.1) is 5.41 Å². The Kier molecular flexibility index (Phi) is 5.05. The van der Waals surface area contributed by atoms with Gasteiger partial charge >= 0.3 is 0 Å². The molecule has 1 aromatic heterocycles. The fraction of sp³-hybridized carbons (Fsp3) is 0.412. The molecule has 6 heteroatoms. The lowest BCUT2D eigenvalue weighted by molar-refractivity contribution is -0.130. The van der Waals surface area contributed by atoms with Crippen LogP contribution in [0.3, 0.4) is 0 Å². The zero-order valence-electron chi connectivity index (χ0n) is 13.2. The molecule has 0 aliphatic carbocycles. The fourth-order valence-corrected chi connectivity index (χ4v) is 3.61. The van der Waals surface area contributed by atoms with E-state index in [1.807, 2.05) is 29.6 Å². The van der Waals surface area contributed by atoms with Crippen LogP contribution >= 0.6 is 11.3 Å². The lowest BCUT2D eigenvalue weighted by Gasteiger charge is -2.35. The number of hydrogen-bond acceptors (Lipinski definition) is 5. The van der Waals surface area contributed by atoms with Crippen molar-refractivity contribution in [2.75, 3.05) is 32.1 Å². The zero-order valence-corrected chi connectivity index (χ0v) is 14.0. The number of hydrogen-bond donors (Lipinski definition) is 2. The number of nitrogens with one attached hydrogen (secondary N) is 2. The van der Waals surface area contributed by atoms with Gasteiger partial charge in [0.25, 0.3) is 0 Å². The second-order valence-electron chi connectivity index (χ2n) is 5.84. The summed E-state index contributed by atoms with van der Waals surface area (Å²) in [6.45, 7) is 2.14. The van der Waals surface area contributed by atoms with E-state index >= 15 is 0 Å². The Morgan fingerprint density at radius 3 is 2.96 bits per heavy atom. The van der Waals surface area contributed by atoms with E-state index < -0.39 is 5.41 Å². The van der Waals surface area contributed by atoms with Crippen LogP contribution in [0.4, 0.5) is 5.69 Å². The minimum atomic E-state index is -0.447. The maximum absolute atomic E-state index is 12.8. The zero-order chi connectivity index (χ0) is 16.1. The average molecular weight is 331 g/mol. The SMILES string of the molecule is COCC1(C(=O)Nc2cccc(-c3nccs3)c2)CCNCC1. The number of aromatic nitrogens is 1. The number of rotatable bonds is 5. The molecule has 122 valence electrons. The lowest BCUT2D eigenvalue weighted by Crippen LogP contribution is -2.47. The molecule has 3 rings (SSSR count). The van der Waals surface area contributed by atoms with Gasteiger partial charge in [-0.25, -0.2) is 4.98 Å². The molecule has 0 atom stereocenters. The Bertz CT molecular complexity index is 646. The van der Waals surface area contributed by atoms with E-state index in [9.17, 15) is 4.79 Å². The highest BCUT2D eigenvalue weighted by Crippen LogP contribution is 2.31. The third-order valence-electron chi connectivity index (χ3n) is 4.26. The fourth-order valence-electron chi connectivity index (χ4n) is 2.98. The summed E-state index contributed by atoms with van der Waals surface area (Å²) in [5, 5.41) is 9.27. The van der Waals surface area contributed by atoms with Crippen molar-refractivity contribution in [3.8, 4) is 10.6 Å². The van der Waals surface area contributed by atoms with Gasteiger partial charge in [-0.1, -0.05) is 12.1 Å². The second-order valence-corrected chi connectivity index (χ2v) is 6.73. The molecule has 1 fully saturated rings. The molecule has 0 spiro atoms. The van der Waals surface area contributed by atoms with Crippen molar-refractivity contribution in [1.82, 2.24) is 10.3 Å². The van der Waals surface area contributed by atoms with Crippen molar-refractivity contribution in [3.63, 3.8) is 0 Å². The number of ether oxygens (including phenoxy) is 1. The monoisotopic (exact) mass is 331 g/mol.